The summed E-state index contributed by atoms with van der Waals surface area (Å²) in [6.45, 7) is 3.78. The Kier molecular flexibility index (Phi) is 6.38. The smallest absolute Gasteiger partial charge is 0.315 e. The van der Waals surface area contributed by atoms with Crippen LogP contribution in [0.25, 0.3) is 0 Å². The van der Waals surface area contributed by atoms with E-state index >= 15 is 0 Å². The summed E-state index contributed by atoms with van der Waals surface area (Å²) >= 11 is 0. The number of rotatable bonds is 6. The van der Waals surface area contributed by atoms with E-state index in [-0.39, 0.29) is 37.1 Å². The van der Waals surface area contributed by atoms with Crippen LogP contribution in [0.2, 0.25) is 0 Å². The minimum atomic E-state index is -0.503. The van der Waals surface area contributed by atoms with Gasteiger partial charge >= 0.3 is 6.03 Å². The van der Waals surface area contributed by atoms with E-state index in [1.165, 1.54) is 0 Å². The van der Waals surface area contributed by atoms with Crippen LogP contribution in [0.1, 0.15) is 19.4 Å². The summed E-state index contributed by atoms with van der Waals surface area (Å²) in [5.74, 6) is -1.05. The van der Waals surface area contributed by atoms with Crippen LogP contribution in [0, 0.1) is 17.6 Å². The van der Waals surface area contributed by atoms with Crippen LogP contribution < -0.4 is 10.6 Å². The van der Waals surface area contributed by atoms with Crippen LogP contribution in [0.5, 0.6) is 0 Å². The van der Waals surface area contributed by atoms with Crippen LogP contribution in [0.4, 0.5) is 13.6 Å². The van der Waals surface area contributed by atoms with Gasteiger partial charge < -0.3 is 15.7 Å². The Morgan fingerprint density at radius 1 is 1.35 bits per heavy atom. The first kappa shape index (κ1) is 16.4. The van der Waals surface area contributed by atoms with Crippen molar-refractivity contribution >= 4 is 6.03 Å². The molecule has 0 fully saturated rings. The summed E-state index contributed by atoms with van der Waals surface area (Å²) in [7, 11) is 0. The number of hydrogen-bond donors (Lipinski definition) is 3. The normalized spacial score (nSPS) is 13.7. The van der Waals surface area contributed by atoms with Crippen LogP contribution in [-0.4, -0.2) is 30.3 Å². The first-order chi connectivity index (χ1) is 9.43. The van der Waals surface area contributed by atoms with E-state index < -0.39 is 17.7 Å². The van der Waals surface area contributed by atoms with E-state index in [0.717, 1.165) is 18.2 Å². The fourth-order valence-corrected chi connectivity index (χ4v) is 1.60. The monoisotopic (exact) mass is 286 g/mol. The molecule has 1 aromatic rings. The van der Waals surface area contributed by atoms with Crippen LogP contribution in [0.3, 0.4) is 0 Å². The lowest BCUT2D eigenvalue weighted by Gasteiger charge is -2.19. The van der Waals surface area contributed by atoms with Gasteiger partial charge in [-0.05, 0) is 43.0 Å². The fraction of sp³-hybridized carbons (Fsp3) is 0.500. The summed E-state index contributed by atoms with van der Waals surface area (Å²) in [5.41, 5.74) is 0.224. The summed E-state index contributed by atoms with van der Waals surface area (Å²) in [6, 6.07) is 2.67. The van der Waals surface area contributed by atoms with Gasteiger partial charge in [-0.15, -0.1) is 0 Å². The highest BCUT2D eigenvalue weighted by Crippen LogP contribution is 2.09. The van der Waals surface area contributed by atoms with Crippen LogP contribution in [-0.2, 0) is 6.42 Å². The molecular weight excluding hydrogens is 266 g/mol. The van der Waals surface area contributed by atoms with Crippen molar-refractivity contribution in [2.24, 2.45) is 5.92 Å². The lowest BCUT2D eigenvalue weighted by Crippen LogP contribution is -2.44. The Bertz CT molecular complexity index is 455. The highest BCUT2D eigenvalue weighted by Gasteiger charge is 2.13. The topological polar surface area (TPSA) is 61.4 Å². The van der Waals surface area contributed by atoms with E-state index in [4.69, 9.17) is 5.11 Å². The number of halogens is 2. The van der Waals surface area contributed by atoms with Gasteiger partial charge in [0.15, 0.2) is 0 Å². The molecule has 4 nitrogen and oxygen atoms in total. The largest absolute Gasteiger partial charge is 0.396 e. The maximum Gasteiger partial charge on any atom is 0.315 e. The van der Waals surface area contributed by atoms with E-state index in [1.54, 1.807) is 6.92 Å². The van der Waals surface area contributed by atoms with E-state index in [2.05, 4.69) is 10.6 Å². The molecular formula is C14H20F2N2O2. The molecule has 1 rings (SSSR count). The number of hydrogen-bond acceptors (Lipinski definition) is 2. The van der Waals surface area contributed by atoms with E-state index in [0.29, 0.717) is 0 Å². The summed E-state index contributed by atoms with van der Waals surface area (Å²) in [4.78, 5) is 11.5. The third-order valence-corrected chi connectivity index (χ3v) is 3.19. The Morgan fingerprint density at radius 2 is 2.05 bits per heavy atom. The van der Waals surface area contributed by atoms with Gasteiger partial charge in [0.1, 0.15) is 11.6 Å². The SMILES string of the molecule is CC(CO)C(C)NC(=O)NCCc1cc(F)ccc1F. The molecule has 0 aromatic heterocycles. The minimum Gasteiger partial charge on any atom is -0.396 e. The third kappa shape index (κ3) is 5.13. The predicted molar refractivity (Wildman–Crippen MR) is 72.3 cm³/mol. The van der Waals surface area contributed by atoms with Crippen molar-refractivity contribution in [2.45, 2.75) is 26.3 Å². The molecule has 0 heterocycles. The molecule has 0 aliphatic carbocycles. The van der Waals surface area contributed by atoms with Gasteiger partial charge in [0, 0.05) is 19.2 Å². The molecule has 3 N–H and O–H groups in total. The maximum absolute atomic E-state index is 13.3. The van der Waals surface area contributed by atoms with E-state index in [1.807, 2.05) is 6.92 Å². The van der Waals surface area contributed by atoms with Crippen LogP contribution in [0.15, 0.2) is 18.2 Å². The van der Waals surface area contributed by atoms with Crippen molar-refractivity contribution in [3.8, 4) is 0 Å². The van der Waals surface area contributed by atoms with Crippen molar-refractivity contribution in [3.63, 3.8) is 0 Å². The van der Waals surface area contributed by atoms with E-state index in [9.17, 15) is 13.6 Å². The number of carbonyl (C=O) groups is 1. The van der Waals surface area contributed by atoms with Crippen LogP contribution >= 0.6 is 0 Å². The number of aliphatic hydroxyl groups excluding tert-OH is 1. The molecule has 6 heteroatoms. The van der Waals surface area contributed by atoms with Crippen molar-refractivity contribution in [1.82, 2.24) is 10.6 Å². The van der Waals surface area contributed by atoms with Gasteiger partial charge in [-0.25, -0.2) is 13.6 Å². The Balaban J connectivity index is 2.37. The molecule has 0 aliphatic heterocycles. The van der Waals surface area contributed by atoms with Gasteiger partial charge in [-0.3, -0.25) is 0 Å². The minimum absolute atomic E-state index is 0.0179. The second-order valence-electron chi connectivity index (χ2n) is 4.83. The zero-order chi connectivity index (χ0) is 15.1. The zero-order valence-corrected chi connectivity index (χ0v) is 11.6. The number of nitrogens with one attached hydrogen (secondary N) is 2. The Morgan fingerprint density at radius 3 is 2.70 bits per heavy atom. The molecule has 0 bridgehead atoms. The van der Waals surface area contributed by atoms with Crippen molar-refractivity contribution < 1.29 is 18.7 Å². The number of benzene rings is 1. The molecule has 1 aromatic carbocycles. The summed E-state index contributed by atoms with van der Waals surface area (Å²) in [6.07, 6.45) is 0.209. The first-order valence-electron chi connectivity index (χ1n) is 6.53. The molecule has 0 aliphatic rings. The average Bonchev–Trinajstić information content (AvgIpc) is 2.41. The molecule has 2 atom stereocenters. The maximum atomic E-state index is 13.3. The molecule has 0 spiro atoms. The standard InChI is InChI=1S/C14H20F2N2O2/c1-9(8-19)10(2)18-14(20)17-6-5-11-7-12(15)3-4-13(11)16/h3-4,7,9-10,19H,5-6,8H2,1-2H3,(H2,17,18,20). The Labute approximate surface area is 117 Å². The fourth-order valence-electron chi connectivity index (χ4n) is 1.60. The highest BCUT2D eigenvalue weighted by atomic mass is 19.1. The lowest BCUT2D eigenvalue weighted by molar-refractivity contribution is 0.200. The molecule has 0 radical (unpaired) electrons. The summed E-state index contributed by atoms with van der Waals surface area (Å²) in [5, 5.41) is 14.2. The molecule has 0 saturated carbocycles. The highest BCUT2D eigenvalue weighted by molar-refractivity contribution is 5.74. The number of carbonyl (C=O) groups excluding carboxylic acids is 1. The van der Waals surface area contributed by atoms with Gasteiger partial charge in [0.2, 0.25) is 0 Å². The third-order valence-electron chi connectivity index (χ3n) is 3.19. The molecule has 2 unspecified atom stereocenters. The second-order valence-corrected chi connectivity index (χ2v) is 4.83. The van der Waals surface area contributed by atoms with Gasteiger partial charge in [-0.2, -0.15) is 0 Å². The van der Waals surface area contributed by atoms with Gasteiger partial charge in [-0.1, -0.05) is 6.92 Å². The molecule has 112 valence electrons. The predicted octanol–water partition coefficient (Wildman–Crippen LogP) is 1.82. The Hall–Kier alpha value is -1.69. The van der Waals surface area contributed by atoms with Crippen molar-refractivity contribution in [2.75, 3.05) is 13.2 Å². The molecule has 2 amide bonds. The van der Waals surface area contributed by atoms with Crippen molar-refractivity contribution in [3.05, 3.63) is 35.4 Å². The van der Waals surface area contributed by atoms with Gasteiger partial charge in [0.25, 0.3) is 0 Å². The van der Waals surface area contributed by atoms with Gasteiger partial charge in [0.05, 0.1) is 0 Å². The van der Waals surface area contributed by atoms with Crippen molar-refractivity contribution in [1.29, 1.82) is 0 Å². The number of urea groups is 1. The number of amides is 2. The quantitative estimate of drug-likeness (QED) is 0.747. The molecule has 20 heavy (non-hydrogen) atoms. The second kappa shape index (κ2) is 7.79. The summed E-state index contributed by atoms with van der Waals surface area (Å²) < 4.78 is 26.3. The lowest BCUT2D eigenvalue weighted by atomic mass is 10.1. The average molecular weight is 286 g/mol. The zero-order valence-electron chi connectivity index (χ0n) is 11.6. The number of aliphatic hydroxyl groups is 1. The first-order valence-corrected chi connectivity index (χ1v) is 6.53. The molecule has 0 saturated heterocycles.